The molecule has 4 aromatic carbocycles. The molecule has 0 aliphatic carbocycles. The van der Waals surface area contributed by atoms with Crippen LogP contribution in [-0.2, 0) is 27.2 Å². The number of aromatic nitrogens is 2. The first-order chi connectivity index (χ1) is 27.0. The van der Waals surface area contributed by atoms with Crippen LogP contribution in [0.5, 0.6) is 0 Å². The number of rotatable bonds is 10. The molecule has 0 saturated carbocycles. The molecule has 3 atom stereocenters. The lowest BCUT2D eigenvalue weighted by Gasteiger charge is -2.45. The average Bonchev–Trinajstić information content (AvgIpc) is 3.56. The predicted molar refractivity (Wildman–Crippen MR) is 228 cm³/mol. The van der Waals surface area contributed by atoms with Crippen molar-refractivity contribution in [3.05, 3.63) is 141 Å². The second-order valence-corrected chi connectivity index (χ2v) is 23.3. The molecule has 0 fully saturated rings. The zero-order chi connectivity index (χ0) is 40.9. The maximum atomic E-state index is 15.0. The van der Waals surface area contributed by atoms with E-state index in [0.29, 0.717) is 46.3 Å². The Morgan fingerprint density at radius 1 is 0.930 bits per heavy atom. The van der Waals surface area contributed by atoms with Crippen molar-refractivity contribution < 1.29 is 22.4 Å². The van der Waals surface area contributed by atoms with E-state index in [2.05, 4.69) is 69.3 Å². The topological polar surface area (TPSA) is 102 Å². The third-order valence-corrected chi connectivity index (χ3v) is 18.3. The van der Waals surface area contributed by atoms with Crippen LogP contribution in [0.1, 0.15) is 90.8 Å². The molecule has 57 heavy (non-hydrogen) atoms. The first-order valence-corrected chi connectivity index (χ1v) is 23.8. The van der Waals surface area contributed by atoms with Gasteiger partial charge in [-0.2, -0.15) is 5.10 Å². The van der Waals surface area contributed by atoms with E-state index in [9.17, 15) is 13.2 Å². The zero-order valence-electron chi connectivity index (χ0n) is 33.1. The van der Waals surface area contributed by atoms with Crippen LogP contribution in [0, 0.1) is 0 Å². The maximum absolute atomic E-state index is 15.0. The Balaban J connectivity index is 1.33. The van der Waals surface area contributed by atoms with Gasteiger partial charge in [0.1, 0.15) is 5.69 Å². The van der Waals surface area contributed by atoms with Crippen molar-refractivity contribution in [2.45, 2.75) is 82.1 Å². The van der Waals surface area contributed by atoms with Gasteiger partial charge in [-0.15, -0.1) is 0 Å². The maximum Gasteiger partial charge on any atom is 0.273 e. The first kappa shape index (κ1) is 40.9. The fourth-order valence-corrected chi connectivity index (χ4v) is 14.1. The quantitative estimate of drug-likeness (QED) is 0.133. The Bertz CT molecular complexity index is 2360. The molecule has 7 rings (SSSR count). The van der Waals surface area contributed by atoms with Gasteiger partial charge in [0.2, 0.25) is 0 Å². The Morgan fingerprint density at radius 2 is 1.54 bits per heavy atom. The van der Waals surface area contributed by atoms with Crippen LogP contribution in [0.2, 0.25) is 15.1 Å². The average molecular weight is 844 g/mol. The van der Waals surface area contributed by atoms with Gasteiger partial charge in [0.25, 0.3) is 20.1 Å². The summed E-state index contributed by atoms with van der Waals surface area (Å²) in [6.45, 7) is 11.5. The van der Waals surface area contributed by atoms with Crippen molar-refractivity contribution in [2.75, 3.05) is 19.4 Å². The minimum Gasteiger partial charge on any atom is -0.405 e. The van der Waals surface area contributed by atoms with E-state index >= 15 is 4.79 Å². The van der Waals surface area contributed by atoms with Gasteiger partial charge >= 0.3 is 0 Å². The number of carbonyl (C=O) groups excluding carboxylic acids is 2. The summed E-state index contributed by atoms with van der Waals surface area (Å²) < 4.78 is 34.1. The number of fused-ring (bicyclic) bond motifs is 3. The first-order valence-electron chi connectivity index (χ1n) is 19.3. The third-order valence-electron chi connectivity index (χ3n) is 11.5. The van der Waals surface area contributed by atoms with E-state index in [4.69, 9.17) is 32.7 Å². The summed E-state index contributed by atoms with van der Waals surface area (Å²) in [5, 5.41) is 7.84. The fraction of sp³-hybridized carbons (Fsp3) is 0.341. The van der Waals surface area contributed by atoms with Crippen LogP contribution >= 0.6 is 23.2 Å². The van der Waals surface area contributed by atoms with Crippen molar-refractivity contribution in [3.8, 4) is 0 Å². The molecule has 1 unspecified atom stereocenters. The molecule has 1 aromatic heterocycles. The van der Waals surface area contributed by atoms with Gasteiger partial charge in [-0.25, -0.2) is 8.42 Å². The second kappa shape index (κ2) is 15.8. The number of sulfone groups is 1. The summed E-state index contributed by atoms with van der Waals surface area (Å²) in [7, 11) is -6.40. The Morgan fingerprint density at radius 3 is 2.09 bits per heavy atom. The molecule has 0 saturated heterocycles. The number of amides is 2. The Hall–Kier alpha value is -4.26. The van der Waals surface area contributed by atoms with Crippen molar-refractivity contribution >= 4 is 63.5 Å². The Labute approximate surface area is 346 Å². The molecule has 0 radical (unpaired) electrons. The minimum absolute atomic E-state index is 0.187. The summed E-state index contributed by atoms with van der Waals surface area (Å²) in [4.78, 5) is 32.9. The van der Waals surface area contributed by atoms with Crippen LogP contribution in [-0.4, -0.2) is 73.6 Å². The van der Waals surface area contributed by atoms with Crippen LogP contribution in [0.4, 0.5) is 0 Å². The second-order valence-electron chi connectivity index (χ2n) is 16.2. The number of benzene rings is 4. The summed E-state index contributed by atoms with van der Waals surface area (Å²) in [5.41, 5.74) is 3.18. The number of hydrogen-bond donors (Lipinski definition) is 0. The highest BCUT2D eigenvalue weighted by Crippen LogP contribution is 2.40. The van der Waals surface area contributed by atoms with Crippen molar-refractivity contribution in [2.24, 2.45) is 0 Å². The highest BCUT2D eigenvalue weighted by atomic mass is 35.5. The zero-order valence-corrected chi connectivity index (χ0v) is 36.4. The van der Waals surface area contributed by atoms with Crippen molar-refractivity contribution in [3.63, 3.8) is 0 Å². The third kappa shape index (κ3) is 7.60. The highest BCUT2D eigenvalue weighted by molar-refractivity contribution is 7.90. The van der Waals surface area contributed by atoms with Gasteiger partial charge in [0.15, 0.2) is 9.84 Å². The molecule has 0 spiro atoms. The SMILES string of the molecule is CCC(c1ccc(S(C)(=O)=O)cc1)N1C[C@@H](CO[Si](c2ccccc2)(c2ccccc2)C(C)(C)C)n2nc3c(c2C1=O)CN(C(=O)c1ccc(Cl)c(Cl)c1)[C@H](C)C3. The minimum atomic E-state index is -3.41. The number of hydrogen-bond acceptors (Lipinski definition) is 6. The lowest BCUT2D eigenvalue weighted by Crippen LogP contribution is -2.67. The molecule has 9 nitrogen and oxygen atoms in total. The smallest absolute Gasteiger partial charge is 0.273 e. The van der Waals surface area contributed by atoms with Gasteiger partial charge < -0.3 is 14.2 Å². The molecule has 2 aliphatic rings. The standard InChI is InChI=1S/C44H48Cl2N4O5SSi/c1-7-40(30-18-21-33(22-19-30)56(6,53)54)49-26-32(28-55-57(44(3,4)5,34-14-10-8-11-15-34)35-16-12-9-13-17-35)50-41(43(49)52)36-27-48(29(2)24-39(36)47-50)42(51)31-20-23-37(45)38(46)25-31/h8-23,25,29,32,40H,7,24,26-28H2,1-6H3/t29-,32+,40?/m1/s1. The van der Waals surface area contributed by atoms with E-state index in [1.807, 2.05) is 35.6 Å². The largest absolute Gasteiger partial charge is 0.405 e. The van der Waals surface area contributed by atoms with E-state index in [1.165, 1.54) is 6.26 Å². The molecule has 13 heteroatoms. The lowest BCUT2D eigenvalue weighted by molar-refractivity contribution is 0.0496. The van der Waals surface area contributed by atoms with E-state index in [0.717, 1.165) is 21.6 Å². The van der Waals surface area contributed by atoms with E-state index < -0.39 is 18.2 Å². The van der Waals surface area contributed by atoms with Crippen molar-refractivity contribution in [1.29, 1.82) is 0 Å². The highest BCUT2D eigenvalue weighted by Gasteiger charge is 2.51. The number of nitrogens with zero attached hydrogens (tertiary/aromatic N) is 4. The van der Waals surface area contributed by atoms with Gasteiger partial charge in [0, 0.05) is 36.4 Å². The molecule has 2 amide bonds. The molecule has 0 bridgehead atoms. The van der Waals surface area contributed by atoms with E-state index in [1.54, 1.807) is 47.4 Å². The summed E-state index contributed by atoms with van der Waals surface area (Å²) in [6.07, 6.45) is 2.23. The van der Waals surface area contributed by atoms with Crippen molar-refractivity contribution in [1.82, 2.24) is 19.6 Å². The van der Waals surface area contributed by atoms with E-state index in [-0.39, 0.29) is 53.0 Å². The number of halogens is 2. The monoisotopic (exact) mass is 842 g/mol. The summed E-state index contributed by atoms with van der Waals surface area (Å²) in [6, 6.07) is 31.6. The van der Waals surface area contributed by atoms with Crippen LogP contribution in [0.15, 0.2) is 108 Å². The van der Waals surface area contributed by atoms with Crippen LogP contribution in [0.3, 0.4) is 0 Å². The molecule has 298 valence electrons. The van der Waals surface area contributed by atoms with Gasteiger partial charge in [-0.1, -0.05) is 124 Å². The number of carbonyl (C=O) groups is 2. The van der Waals surface area contributed by atoms with Crippen LogP contribution in [0.25, 0.3) is 0 Å². The molecular formula is C44H48Cl2N4O5SSi. The molecule has 2 aliphatic heterocycles. The summed E-state index contributed by atoms with van der Waals surface area (Å²) >= 11 is 12.5. The normalized spacial score (nSPS) is 17.9. The summed E-state index contributed by atoms with van der Waals surface area (Å²) in [5.74, 6) is -0.406. The lowest BCUT2D eigenvalue weighted by atomic mass is 9.95. The molecule has 3 heterocycles. The van der Waals surface area contributed by atoms with Gasteiger partial charge in [0.05, 0.1) is 45.9 Å². The fourth-order valence-electron chi connectivity index (χ4n) is 8.59. The predicted octanol–water partition coefficient (Wildman–Crippen LogP) is 7.91. The molecule has 5 aromatic rings. The van der Waals surface area contributed by atoms with Crippen LogP contribution < -0.4 is 10.4 Å². The Kier molecular flexibility index (Phi) is 11.4. The van der Waals surface area contributed by atoms with Gasteiger partial charge in [-0.05, 0) is 64.7 Å². The molecular weight excluding hydrogens is 796 g/mol. The van der Waals surface area contributed by atoms with Gasteiger partial charge in [-0.3, -0.25) is 14.3 Å². The molecule has 0 N–H and O–H groups in total.